The van der Waals surface area contributed by atoms with Crippen LogP contribution in [0.2, 0.25) is 5.02 Å². The molecule has 1 heterocycles. The Kier molecular flexibility index (Phi) is 3.17. The van der Waals surface area contributed by atoms with Crippen LogP contribution in [0.5, 0.6) is 0 Å². The normalized spacial score (nSPS) is 15.0. The minimum absolute atomic E-state index is 0.239. The first-order valence-electron chi connectivity index (χ1n) is 7.14. The highest BCUT2D eigenvalue weighted by atomic mass is 35.5. The Hall–Kier alpha value is -2.65. The molecular formula is C19H11ClFNO. The molecule has 0 bridgehead atoms. The molecule has 2 aliphatic carbocycles. The van der Waals surface area contributed by atoms with Crippen molar-refractivity contribution in [2.45, 2.75) is 0 Å². The number of carbonyl (C=O) groups excluding carboxylic acids is 1. The SMILES string of the molecule is O=C1Nc2ccc(F)cc2C1=Cc1cc(Cl)c2cccccc1-2. The zero-order valence-corrected chi connectivity index (χ0v) is 12.7. The minimum Gasteiger partial charge on any atom is -0.321 e. The molecule has 23 heavy (non-hydrogen) atoms. The maximum absolute atomic E-state index is 13.5. The predicted molar refractivity (Wildman–Crippen MR) is 91.0 cm³/mol. The van der Waals surface area contributed by atoms with Gasteiger partial charge in [0.1, 0.15) is 5.82 Å². The standard InChI is InChI=1S/C19H11ClFNO/c20-17-9-11(13-4-2-1-3-5-14(13)17)8-16-15-10-12(21)6-7-18(15)22-19(16)23/h1-10H,(H,22,23). The number of rotatable bonds is 1. The maximum Gasteiger partial charge on any atom is 0.256 e. The first-order chi connectivity index (χ1) is 11.1. The lowest BCUT2D eigenvalue weighted by molar-refractivity contribution is -0.110. The summed E-state index contributed by atoms with van der Waals surface area (Å²) in [6, 6.07) is 15.7. The van der Waals surface area contributed by atoms with Crippen molar-refractivity contribution in [3.05, 3.63) is 76.6 Å². The summed E-state index contributed by atoms with van der Waals surface area (Å²) in [6.45, 7) is 0. The van der Waals surface area contributed by atoms with Crippen molar-refractivity contribution in [3.63, 3.8) is 0 Å². The zero-order valence-electron chi connectivity index (χ0n) is 11.9. The fourth-order valence-corrected chi connectivity index (χ4v) is 3.16. The third-order valence-electron chi connectivity index (χ3n) is 3.95. The summed E-state index contributed by atoms with van der Waals surface area (Å²) in [5.74, 6) is -0.612. The van der Waals surface area contributed by atoms with Gasteiger partial charge in [0, 0.05) is 27.4 Å². The first-order valence-corrected chi connectivity index (χ1v) is 7.51. The second-order valence-corrected chi connectivity index (χ2v) is 5.79. The molecule has 4 rings (SSSR count). The number of halogens is 2. The van der Waals surface area contributed by atoms with Crippen LogP contribution in [0, 0.1) is 5.82 Å². The summed E-state index contributed by atoms with van der Waals surface area (Å²) in [5.41, 5.74) is 4.33. The summed E-state index contributed by atoms with van der Waals surface area (Å²) in [7, 11) is 0. The molecule has 0 atom stereocenters. The van der Waals surface area contributed by atoms with Gasteiger partial charge in [0.15, 0.2) is 0 Å². The second kappa shape index (κ2) is 5.21. The van der Waals surface area contributed by atoms with Gasteiger partial charge in [0.25, 0.3) is 5.91 Å². The molecule has 3 aliphatic rings. The monoisotopic (exact) mass is 323 g/mol. The van der Waals surface area contributed by atoms with Crippen LogP contribution in [0.3, 0.4) is 0 Å². The number of carbonyl (C=O) groups is 1. The third-order valence-corrected chi connectivity index (χ3v) is 4.27. The average molecular weight is 324 g/mol. The zero-order chi connectivity index (χ0) is 16.0. The number of anilines is 1. The van der Waals surface area contributed by atoms with Crippen LogP contribution in [0.25, 0.3) is 22.8 Å². The van der Waals surface area contributed by atoms with Crippen LogP contribution in [0.15, 0.2) is 54.6 Å². The maximum atomic E-state index is 13.5. The summed E-state index contributed by atoms with van der Waals surface area (Å²) in [4.78, 5) is 12.2. The topological polar surface area (TPSA) is 29.1 Å². The van der Waals surface area contributed by atoms with Gasteiger partial charge >= 0.3 is 0 Å². The Bertz CT molecular complexity index is 948. The number of hydrogen-bond donors (Lipinski definition) is 1. The van der Waals surface area contributed by atoms with Gasteiger partial charge in [0.2, 0.25) is 0 Å². The van der Waals surface area contributed by atoms with Crippen molar-refractivity contribution in [1.29, 1.82) is 0 Å². The van der Waals surface area contributed by atoms with E-state index in [4.69, 9.17) is 11.6 Å². The summed E-state index contributed by atoms with van der Waals surface area (Å²) < 4.78 is 13.5. The van der Waals surface area contributed by atoms with Crippen LogP contribution < -0.4 is 5.32 Å². The van der Waals surface area contributed by atoms with Gasteiger partial charge in [0.05, 0.1) is 0 Å². The first kappa shape index (κ1) is 14.0. The second-order valence-electron chi connectivity index (χ2n) is 5.39. The fraction of sp³-hybridized carbons (Fsp3) is 0. The van der Waals surface area contributed by atoms with E-state index in [1.165, 1.54) is 12.1 Å². The molecule has 1 aromatic rings. The minimum atomic E-state index is -0.372. The lowest BCUT2D eigenvalue weighted by atomic mass is 10.0. The molecule has 0 saturated heterocycles. The summed E-state index contributed by atoms with van der Waals surface area (Å²) >= 11 is 6.29. The average Bonchev–Trinajstić information content (AvgIpc) is 2.86. The number of amides is 1. The smallest absolute Gasteiger partial charge is 0.256 e. The van der Waals surface area contributed by atoms with E-state index in [0.717, 1.165) is 16.7 Å². The van der Waals surface area contributed by atoms with E-state index in [2.05, 4.69) is 5.32 Å². The molecule has 1 amide bonds. The molecule has 0 fully saturated rings. The van der Waals surface area contributed by atoms with Crippen LogP contribution in [0.4, 0.5) is 10.1 Å². The van der Waals surface area contributed by atoms with Crippen molar-refractivity contribution in [2.75, 3.05) is 5.32 Å². The van der Waals surface area contributed by atoms with E-state index >= 15 is 0 Å². The molecule has 0 unspecified atom stereocenters. The highest BCUT2D eigenvalue weighted by Gasteiger charge is 2.25. The van der Waals surface area contributed by atoms with E-state index in [1.807, 2.05) is 36.4 Å². The van der Waals surface area contributed by atoms with Gasteiger partial charge in [-0.2, -0.15) is 0 Å². The largest absolute Gasteiger partial charge is 0.321 e. The van der Waals surface area contributed by atoms with Gasteiger partial charge < -0.3 is 5.32 Å². The van der Waals surface area contributed by atoms with Crippen molar-refractivity contribution >= 4 is 34.8 Å². The number of hydrogen-bond acceptors (Lipinski definition) is 1. The fourth-order valence-electron chi connectivity index (χ4n) is 2.88. The molecule has 1 aliphatic heterocycles. The van der Waals surface area contributed by atoms with Crippen LogP contribution in [-0.2, 0) is 4.79 Å². The van der Waals surface area contributed by atoms with E-state index < -0.39 is 0 Å². The molecule has 112 valence electrons. The Morgan fingerprint density at radius 3 is 2.57 bits per heavy atom. The lowest BCUT2D eigenvalue weighted by Gasteiger charge is -2.00. The molecule has 0 radical (unpaired) electrons. The van der Waals surface area contributed by atoms with Crippen LogP contribution in [-0.4, -0.2) is 5.91 Å². The third kappa shape index (κ3) is 2.30. The Morgan fingerprint density at radius 2 is 1.74 bits per heavy atom. The van der Waals surface area contributed by atoms with E-state index in [9.17, 15) is 9.18 Å². The Labute approximate surface area is 137 Å². The Balaban J connectivity index is 1.90. The molecule has 0 spiro atoms. The molecule has 2 nitrogen and oxygen atoms in total. The van der Waals surface area contributed by atoms with Crippen molar-refractivity contribution in [3.8, 4) is 11.1 Å². The van der Waals surface area contributed by atoms with Gasteiger partial charge in [-0.15, -0.1) is 0 Å². The van der Waals surface area contributed by atoms with E-state index in [-0.39, 0.29) is 11.7 Å². The lowest BCUT2D eigenvalue weighted by Crippen LogP contribution is -2.03. The number of nitrogens with one attached hydrogen (secondary N) is 1. The van der Waals surface area contributed by atoms with Crippen LogP contribution >= 0.6 is 11.6 Å². The summed E-state index contributed by atoms with van der Waals surface area (Å²) in [6.07, 6.45) is 1.76. The van der Waals surface area contributed by atoms with Crippen molar-refractivity contribution < 1.29 is 9.18 Å². The predicted octanol–water partition coefficient (Wildman–Crippen LogP) is 5.08. The van der Waals surface area contributed by atoms with Crippen molar-refractivity contribution in [2.24, 2.45) is 0 Å². The molecule has 1 aromatic carbocycles. The molecule has 1 N–H and O–H groups in total. The molecular weight excluding hydrogens is 313 g/mol. The highest BCUT2D eigenvalue weighted by molar-refractivity contribution is 6.36. The molecule has 0 aromatic heterocycles. The molecule has 0 saturated carbocycles. The van der Waals surface area contributed by atoms with Gasteiger partial charge in [-0.1, -0.05) is 41.9 Å². The summed E-state index contributed by atoms with van der Waals surface area (Å²) in [5, 5.41) is 3.37. The van der Waals surface area contributed by atoms with E-state index in [0.29, 0.717) is 21.8 Å². The van der Waals surface area contributed by atoms with Gasteiger partial charge in [-0.05, 0) is 41.5 Å². The number of fused-ring (bicyclic) bond motifs is 2. The highest BCUT2D eigenvalue weighted by Crippen LogP contribution is 2.39. The Morgan fingerprint density at radius 1 is 0.957 bits per heavy atom. The van der Waals surface area contributed by atoms with Crippen LogP contribution in [0.1, 0.15) is 11.1 Å². The number of benzene rings is 1. The van der Waals surface area contributed by atoms with Crippen molar-refractivity contribution in [1.82, 2.24) is 0 Å². The molecule has 4 heteroatoms. The quantitative estimate of drug-likeness (QED) is 0.622. The van der Waals surface area contributed by atoms with Gasteiger partial charge in [-0.3, -0.25) is 4.79 Å². The van der Waals surface area contributed by atoms with E-state index in [1.54, 1.807) is 12.1 Å². The van der Waals surface area contributed by atoms with Gasteiger partial charge in [-0.25, -0.2) is 4.39 Å².